The number of amides is 1. The molecule has 0 saturated carbocycles. The van der Waals surface area contributed by atoms with E-state index < -0.39 is 0 Å². The van der Waals surface area contributed by atoms with Crippen LogP contribution in [0.1, 0.15) is 28.5 Å². The van der Waals surface area contributed by atoms with Gasteiger partial charge in [0.2, 0.25) is 0 Å². The molecule has 6 heteroatoms. The van der Waals surface area contributed by atoms with Gasteiger partial charge in [0.1, 0.15) is 0 Å². The molecule has 23 heavy (non-hydrogen) atoms. The summed E-state index contributed by atoms with van der Waals surface area (Å²) in [6.45, 7) is 8.52. The van der Waals surface area contributed by atoms with Gasteiger partial charge < -0.3 is 10.2 Å². The predicted molar refractivity (Wildman–Crippen MR) is 93.7 cm³/mol. The van der Waals surface area contributed by atoms with Crippen molar-refractivity contribution < 1.29 is 4.79 Å². The first-order chi connectivity index (χ1) is 10.6. The third kappa shape index (κ3) is 3.26. The predicted octanol–water partition coefficient (Wildman–Crippen LogP) is 2.34. The van der Waals surface area contributed by atoms with Crippen LogP contribution in [0, 0.1) is 13.8 Å². The van der Waals surface area contributed by atoms with Crippen LogP contribution in [0.3, 0.4) is 0 Å². The molecule has 1 aromatic carbocycles. The van der Waals surface area contributed by atoms with Crippen molar-refractivity contribution in [2.75, 3.05) is 19.6 Å². The van der Waals surface area contributed by atoms with Gasteiger partial charge in [0, 0.05) is 25.7 Å². The van der Waals surface area contributed by atoms with E-state index in [0.717, 1.165) is 36.6 Å². The van der Waals surface area contributed by atoms with Crippen molar-refractivity contribution in [3.63, 3.8) is 0 Å². The lowest BCUT2D eigenvalue weighted by atomic mass is 10.1. The topological polar surface area (TPSA) is 50.2 Å². The van der Waals surface area contributed by atoms with Crippen LogP contribution >= 0.6 is 12.4 Å². The molecule has 1 saturated heterocycles. The first-order valence-electron chi connectivity index (χ1n) is 7.72. The fourth-order valence-corrected chi connectivity index (χ4v) is 2.96. The summed E-state index contributed by atoms with van der Waals surface area (Å²) < 4.78 is 1.86. The summed E-state index contributed by atoms with van der Waals surface area (Å²) in [5, 5.41) is 7.75. The second-order valence-corrected chi connectivity index (χ2v) is 5.89. The van der Waals surface area contributed by atoms with E-state index in [1.807, 2.05) is 34.7 Å². The molecule has 0 spiro atoms. The monoisotopic (exact) mass is 334 g/mol. The zero-order valence-electron chi connectivity index (χ0n) is 13.7. The molecule has 1 aliphatic rings. The van der Waals surface area contributed by atoms with Crippen LogP contribution in [-0.4, -0.2) is 46.3 Å². The number of para-hydroxylation sites is 1. The highest BCUT2D eigenvalue weighted by Gasteiger charge is 2.26. The first-order valence-corrected chi connectivity index (χ1v) is 7.72. The molecule has 5 nitrogen and oxygen atoms in total. The summed E-state index contributed by atoms with van der Waals surface area (Å²) in [4.78, 5) is 14.7. The first kappa shape index (κ1) is 17.5. The van der Waals surface area contributed by atoms with Gasteiger partial charge in [0.05, 0.1) is 23.1 Å². The van der Waals surface area contributed by atoms with Crippen LogP contribution in [0.2, 0.25) is 0 Å². The minimum absolute atomic E-state index is 0. The fourth-order valence-electron chi connectivity index (χ4n) is 2.96. The Bertz CT molecular complexity index is 698. The minimum atomic E-state index is 0. The van der Waals surface area contributed by atoms with Crippen LogP contribution in [0.4, 0.5) is 0 Å². The second-order valence-electron chi connectivity index (χ2n) is 5.89. The maximum absolute atomic E-state index is 12.8. The maximum atomic E-state index is 12.8. The Kier molecular flexibility index (Phi) is 5.44. The molecule has 1 N–H and O–H groups in total. The Hall–Kier alpha value is -1.85. The van der Waals surface area contributed by atoms with Gasteiger partial charge in [0.25, 0.3) is 5.91 Å². The van der Waals surface area contributed by atoms with E-state index in [9.17, 15) is 4.79 Å². The molecule has 2 aromatic rings. The van der Waals surface area contributed by atoms with Crippen LogP contribution in [0.15, 0.2) is 30.5 Å². The summed E-state index contributed by atoms with van der Waals surface area (Å²) >= 11 is 0. The van der Waals surface area contributed by atoms with Gasteiger partial charge in [-0.25, -0.2) is 4.68 Å². The average molecular weight is 335 g/mol. The summed E-state index contributed by atoms with van der Waals surface area (Å²) in [7, 11) is 0. The molecule has 3 rings (SSSR count). The van der Waals surface area contributed by atoms with E-state index in [4.69, 9.17) is 0 Å². The van der Waals surface area contributed by atoms with Gasteiger partial charge in [-0.1, -0.05) is 18.2 Å². The van der Waals surface area contributed by atoms with E-state index in [1.54, 1.807) is 6.20 Å². The highest BCUT2D eigenvalue weighted by molar-refractivity contribution is 5.95. The number of nitrogens with zero attached hydrogens (tertiary/aromatic N) is 3. The molecule has 1 atom stereocenters. The molecular formula is C17H23ClN4O. The van der Waals surface area contributed by atoms with Gasteiger partial charge in [-0.15, -0.1) is 12.4 Å². The molecule has 0 radical (unpaired) electrons. The van der Waals surface area contributed by atoms with E-state index in [1.165, 1.54) is 0 Å². The van der Waals surface area contributed by atoms with Crippen LogP contribution < -0.4 is 5.32 Å². The number of piperazine rings is 1. The average Bonchev–Trinajstić information content (AvgIpc) is 2.89. The smallest absolute Gasteiger partial charge is 0.257 e. The highest BCUT2D eigenvalue weighted by Crippen LogP contribution is 2.19. The van der Waals surface area contributed by atoms with Crippen molar-refractivity contribution in [3.8, 4) is 5.69 Å². The summed E-state index contributed by atoms with van der Waals surface area (Å²) in [5.74, 6) is 0.0753. The Morgan fingerprint density at radius 2 is 2.04 bits per heavy atom. The zero-order chi connectivity index (χ0) is 15.7. The lowest BCUT2D eigenvalue weighted by Gasteiger charge is -2.33. The Morgan fingerprint density at radius 1 is 1.30 bits per heavy atom. The Morgan fingerprint density at radius 3 is 2.74 bits per heavy atom. The van der Waals surface area contributed by atoms with Gasteiger partial charge in [-0.05, 0) is 32.4 Å². The van der Waals surface area contributed by atoms with E-state index in [-0.39, 0.29) is 24.4 Å². The van der Waals surface area contributed by atoms with Gasteiger partial charge in [-0.2, -0.15) is 5.10 Å². The number of hydrogen-bond donors (Lipinski definition) is 1. The van der Waals surface area contributed by atoms with Crippen molar-refractivity contribution in [2.45, 2.75) is 26.8 Å². The van der Waals surface area contributed by atoms with Crippen molar-refractivity contribution >= 4 is 18.3 Å². The fraction of sp³-hybridized carbons (Fsp3) is 0.412. The largest absolute Gasteiger partial charge is 0.333 e. The summed E-state index contributed by atoms with van der Waals surface area (Å²) in [5.41, 5.74) is 3.75. The van der Waals surface area contributed by atoms with Crippen LogP contribution in [-0.2, 0) is 0 Å². The molecule has 0 aliphatic carbocycles. The molecule has 0 unspecified atom stereocenters. The van der Waals surface area contributed by atoms with Crippen molar-refractivity contribution in [3.05, 3.63) is 47.3 Å². The van der Waals surface area contributed by atoms with Gasteiger partial charge >= 0.3 is 0 Å². The molecular weight excluding hydrogens is 312 g/mol. The quantitative estimate of drug-likeness (QED) is 0.917. The summed E-state index contributed by atoms with van der Waals surface area (Å²) in [6, 6.07) is 8.28. The number of halogens is 1. The number of carbonyl (C=O) groups excluding carboxylic acids is 1. The molecule has 1 aromatic heterocycles. The number of benzene rings is 1. The number of aromatic nitrogens is 2. The van der Waals surface area contributed by atoms with E-state index >= 15 is 0 Å². The molecule has 124 valence electrons. The number of hydrogen-bond acceptors (Lipinski definition) is 3. The molecule has 1 aliphatic heterocycles. The minimum Gasteiger partial charge on any atom is -0.333 e. The number of nitrogens with one attached hydrogen (secondary N) is 1. The van der Waals surface area contributed by atoms with Crippen molar-refractivity contribution in [1.29, 1.82) is 0 Å². The maximum Gasteiger partial charge on any atom is 0.257 e. The van der Waals surface area contributed by atoms with Gasteiger partial charge in [0.15, 0.2) is 0 Å². The van der Waals surface area contributed by atoms with Crippen molar-refractivity contribution in [1.82, 2.24) is 20.0 Å². The molecule has 1 amide bonds. The SMILES string of the molecule is Cc1ccccc1-n1ncc(C(=O)N2CCNC[C@H]2C)c1C.Cl. The number of carbonyl (C=O) groups is 1. The summed E-state index contributed by atoms with van der Waals surface area (Å²) in [6.07, 6.45) is 1.69. The molecule has 2 heterocycles. The third-order valence-electron chi connectivity index (χ3n) is 4.35. The highest BCUT2D eigenvalue weighted by atomic mass is 35.5. The van der Waals surface area contributed by atoms with Crippen LogP contribution in [0.25, 0.3) is 5.69 Å². The molecule has 0 bridgehead atoms. The van der Waals surface area contributed by atoms with E-state index in [2.05, 4.69) is 30.3 Å². The van der Waals surface area contributed by atoms with Crippen molar-refractivity contribution in [2.24, 2.45) is 0 Å². The third-order valence-corrected chi connectivity index (χ3v) is 4.35. The van der Waals surface area contributed by atoms with Gasteiger partial charge in [-0.3, -0.25) is 4.79 Å². The lowest BCUT2D eigenvalue weighted by Crippen LogP contribution is -2.52. The van der Waals surface area contributed by atoms with Crippen LogP contribution in [0.5, 0.6) is 0 Å². The second kappa shape index (κ2) is 7.15. The van der Waals surface area contributed by atoms with E-state index in [0.29, 0.717) is 5.56 Å². The molecule has 1 fully saturated rings. The number of aryl methyl sites for hydroxylation is 1. The standard InChI is InChI=1S/C17H22N4O.ClH/c1-12-6-4-5-7-16(12)21-14(3)15(11-19-21)17(22)20-9-8-18-10-13(20)2;/h4-7,11,13,18H,8-10H2,1-3H3;1H/t13-;/m1./s1. The Labute approximate surface area is 143 Å². The number of rotatable bonds is 2. The Balaban J connectivity index is 0.00000192. The lowest BCUT2D eigenvalue weighted by molar-refractivity contribution is 0.0655. The zero-order valence-corrected chi connectivity index (χ0v) is 14.6. The normalized spacial score (nSPS) is 17.7.